The largest absolute Gasteiger partial charge is 0.0622 e. The molecule has 1 aliphatic rings. The molecule has 0 heterocycles. The first-order valence-electron chi connectivity index (χ1n) is 6.83. The first-order chi connectivity index (χ1) is 7.95. The van der Waals surface area contributed by atoms with Crippen molar-refractivity contribution < 1.29 is 0 Å². The van der Waals surface area contributed by atoms with E-state index < -0.39 is 0 Å². The van der Waals surface area contributed by atoms with E-state index in [1.54, 1.807) is 0 Å². The van der Waals surface area contributed by atoms with Gasteiger partial charge in [0.25, 0.3) is 0 Å². The summed E-state index contributed by atoms with van der Waals surface area (Å²) in [6.45, 7) is 0. The van der Waals surface area contributed by atoms with Crippen molar-refractivity contribution in [3.05, 3.63) is 42.3 Å². The summed E-state index contributed by atoms with van der Waals surface area (Å²) >= 11 is 0. The number of benzene rings is 1. The summed E-state index contributed by atoms with van der Waals surface area (Å²) < 4.78 is 0. The molecule has 16 heavy (non-hydrogen) atoms. The van der Waals surface area contributed by atoms with Crippen LogP contribution in [-0.2, 0) is 0 Å². The second-order valence-corrected chi connectivity index (χ2v) is 5.06. The van der Waals surface area contributed by atoms with Crippen molar-refractivity contribution in [1.29, 1.82) is 0 Å². The highest BCUT2D eigenvalue weighted by molar-refractivity contribution is 5.22. The van der Waals surface area contributed by atoms with E-state index in [4.69, 9.17) is 0 Å². The van der Waals surface area contributed by atoms with Crippen LogP contribution in [0, 0.1) is 12.3 Å². The predicted molar refractivity (Wildman–Crippen MR) is 70.3 cm³/mol. The highest BCUT2D eigenvalue weighted by atomic mass is 14.2. The molecule has 1 saturated carbocycles. The molecule has 0 aliphatic heterocycles. The van der Waals surface area contributed by atoms with Crippen LogP contribution >= 0.6 is 0 Å². The smallest absolute Gasteiger partial charge is 0.00904 e. The normalized spacial score (nSPS) is 19.0. The molecule has 0 saturated heterocycles. The summed E-state index contributed by atoms with van der Waals surface area (Å²) in [5.74, 6) is 0.945. The van der Waals surface area contributed by atoms with Gasteiger partial charge in [-0.05, 0) is 24.3 Å². The van der Waals surface area contributed by atoms with Crippen LogP contribution in [0.1, 0.15) is 56.9 Å². The quantitative estimate of drug-likeness (QED) is 0.666. The molecule has 0 heteroatoms. The lowest BCUT2D eigenvalue weighted by Gasteiger charge is -2.19. The molecule has 0 aromatic heterocycles. The van der Waals surface area contributed by atoms with Crippen molar-refractivity contribution in [2.75, 3.05) is 0 Å². The van der Waals surface area contributed by atoms with Gasteiger partial charge in [-0.3, -0.25) is 0 Å². The van der Waals surface area contributed by atoms with Gasteiger partial charge in [0.15, 0.2) is 0 Å². The topological polar surface area (TPSA) is 0 Å². The highest BCUT2D eigenvalue weighted by Gasteiger charge is 2.11. The van der Waals surface area contributed by atoms with E-state index in [2.05, 4.69) is 36.8 Å². The van der Waals surface area contributed by atoms with Crippen LogP contribution in [0.4, 0.5) is 0 Å². The van der Waals surface area contributed by atoms with Crippen molar-refractivity contribution >= 4 is 0 Å². The number of hydrogen-bond acceptors (Lipinski definition) is 0. The van der Waals surface area contributed by atoms with E-state index in [0.717, 1.165) is 5.92 Å². The minimum atomic E-state index is 0.945. The fraction of sp³-hybridized carbons (Fsp3) is 0.562. The Labute approximate surface area is 100 Å². The second-order valence-electron chi connectivity index (χ2n) is 5.06. The molecule has 0 N–H and O–H groups in total. The Hall–Kier alpha value is -0.780. The van der Waals surface area contributed by atoms with Gasteiger partial charge in [-0.2, -0.15) is 0 Å². The van der Waals surface area contributed by atoms with Crippen LogP contribution in [0.25, 0.3) is 0 Å². The summed E-state index contributed by atoms with van der Waals surface area (Å²) in [6, 6.07) is 10.8. The Morgan fingerprint density at radius 1 is 0.875 bits per heavy atom. The molecule has 0 bridgehead atoms. The molecule has 1 aliphatic carbocycles. The molecule has 0 spiro atoms. The van der Waals surface area contributed by atoms with Crippen LogP contribution in [-0.4, -0.2) is 0 Å². The molecular formula is C16H23. The molecule has 0 unspecified atom stereocenters. The average Bonchev–Trinajstić information content (AvgIpc) is 2.29. The molecule has 1 aromatic carbocycles. The predicted octanol–water partition coefficient (Wildman–Crippen LogP) is 4.99. The van der Waals surface area contributed by atoms with Crippen LogP contribution in [0.2, 0.25) is 0 Å². The first kappa shape index (κ1) is 11.7. The van der Waals surface area contributed by atoms with Crippen molar-refractivity contribution in [3.8, 4) is 0 Å². The third kappa shape index (κ3) is 4.00. The average molecular weight is 215 g/mol. The lowest BCUT2D eigenvalue weighted by molar-refractivity contribution is 0.376. The van der Waals surface area contributed by atoms with E-state index in [1.807, 2.05) is 0 Å². The fourth-order valence-electron chi connectivity index (χ4n) is 2.67. The summed E-state index contributed by atoms with van der Waals surface area (Å²) in [7, 11) is 0. The minimum absolute atomic E-state index is 0.945. The zero-order valence-corrected chi connectivity index (χ0v) is 10.2. The molecular weight excluding hydrogens is 192 g/mol. The zero-order chi connectivity index (χ0) is 11.1. The maximum atomic E-state index is 2.42. The molecule has 87 valence electrons. The van der Waals surface area contributed by atoms with Gasteiger partial charge in [0.05, 0.1) is 0 Å². The van der Waals surface area contributed by atoms with Gasteiger partial charge in [0.2, 0.25) is 0 Å². The van der Waals surface area contributed by atoms with E-state index in [1.165, 1.54) is 56.9 Å². The van der Waals surface area contributed by atoms with Crippen LogP contribution < -0.4 is 0 Å². The molecule has 1 radical (unpaired) electrons. The lowest BCUT2D eigenvalue weighted by Crippen LogP contribution is -2.04. The molecule has 2 rings (SSSR count). The monoisotopic (exact) mass is 215 g/mol. The first-order valence-corrected chi connectivity index (χ1v) is 6.83. The zero-order valence-electron chi connectivity index (χ0n) is 10.2. The Bertz CT molecular complexity index is 267. The third-order valence-electron chi connectivity index (χ3n) is 3.71. The third-order valence-corrected chi connectivity index (χ3v) is 3.71. The van der Waals surface area contributed by atoms with Crippen molar-refractivity contribution in [2.45, 2.75) is 51.4 Å². The van der Waals surface area contributed by atoms with Crippen LogP contribution in [0.5, 0.6) is 0 Å². The highest BCUT2D eigenvalue weighted by Crippen LogP contribution is 2.26. The summed E-state index contributed by atoms with van der Waals surface area (Å²) in [4.78, 5) is 0. The molecule has 0 nitrogen and oxygen atoms in total. The summed E-state index contributed by atoms with van der Waals surface area (Å²) in [5, 5.41) is 0. The number of hydrogen-bond donors (Lipinski definition) is 0. The van der Waals surface area contributed by atoms with E-state index in [0.29, 0.717) is 0 Å². The van der Waals surface area contributed by atoms with Gasteiger partial charge in [0.1, 0.15) is 0 Å². The fourth-order valence-corrected chi connectivity index (χ4v) is 2.67. The minimum Gasteiger partial charge on any atom is -0.0622 e. The van der Waals surface area contributed by atoms with Gasteiger partial charge in [-0.25, -0.2) is 0 Å². The second kappa shape index (κ2) is 6.73. The molecule has 1 fully saturated rings. The number of rotatable bonds is 3. The van der Waals surface area contributed by atoms with Gasteiger partial charge in [0, 0.05) is 0 Å². The Kier molecular flexibility index (Phi) is 4.92. The van der Waals surface area contributed by atoms with Gasteiger partial charge >= 0.3 is 0 Å². The molecule has 0 atom stereocenters. The van der Waals surface area contributed by atoms with E-state index in [9.17, 15) is 0 Å². The van der Waals surface area contributed by atoms with Crippen molar-refractivity contribution in [2.24, 2.45) is 5.92 Å². The Morgan fingerprint density at radius 2 is 1.50 bits per heavy atom. The maximum absolute atomic E-state index is 2.42. The van der Waals surface area contributed by atoms with E-state index in [-0.39, 0.29) is 0 Å². The standard InChI is InChI=1S/C16H23/c1-2-5-9-15(10-6-3-1)13-14-16-11-7-4-8-12-16/h4,7-8,11-12,14-15H,1-3,5-6,9-10,13H2. The van der Waals surface area contributed by atoms with Crippen LogP contribution in [0.3, 0.4) is 0 Å². The van der Waals surface area contributed by atoms with Gasteiger partial charge in [-0.15, -0.1) is 0 Å². The summed E-state index contributed by atoms with van der Waals surface area (Å²) in [5.41, 5.74) is 1.39. The van der Waals surface area contributed by atoms with Crippen molar-refractivity contribution in [3.63, 3.8) is 0 Å². The molecule has 1 aromatic rings. The van der Waals surface area contributed by atoms with Crippen molar-refractivity contribution in [1.82, 2.24) is 0 Å². The lowest BCUT2D eigenvalue weighted by atomic mass is 9.87. The van der Waals surface area contributed by atoms with Gasteiger partial charge in [-0.1, -0.05) is 75.3 Å². The Balaban J connectivity index is 1.75. The Morgan fingerprint density at radius 3 is 2.19 bits per heavy atom. The van der Waals surface area contributed by atoms with Crippen LogP contribution in [0.15, 0.2) is 30.3 Å². The summed E-state index contributed by atoms with van der Waals surface area (Å²) in [6.07, 6.45) is 13.9. The van der Waals surface area contributed by atoms with E-state index >= 15 is 0 Å². The maximum Gasteiger partial charge on any atom is -0.00904 e. The SMILES string of the molecule is [CH](CC1CCCCCCC1)c1ccccc1. The van der Waals surface area contributed by atoms with Gasteiger partial charge < -0.3 is 0 Å². The molecule has 0 amide bonds.